The van der Waals surface area contributed by atoms with E-state index in [1.165, 1.54) is 16.4 Å². The van der Waals surface area contributed by atoms with Crippen molar-refractivity contribution in [2.45, 2.75) is 56.9 Å². The van der Waals surface area contributed by atoms with Gasteiger partial charge in [-0.05, 0) is 44.4 Å². The van der Waals surface area contributed by atoms with Crippen LogP contribution in [0.5, 0.6) is 0 Å². The van der Waals surface area contributed by atoms with Crippen molar-refractivity contribution in [3.05, 3.63) is 29.8 Å². The van der Waals surface area contributed by atoms with Gasteiger partial charge in [-0.2, -0.15) is 4.31 Å². The first-order chi connectivity index (χ1) is 12.9. The van der Waals surface area contributed by atoms with Gasteiger partial charge in [0.1, 0.15) is 6.04 Å². The quantitative estimate of drug-likeness (QED) is 0.737. The summed E-state index contributed by atoms with van der Waals surface area (Å²) in [4.78, 5) is 24.5. The van der Waals surface area contributed by atoms with Crippen LogP contribution in [0.25, 0.3) is 0 Å². The van der Waals surface area contributed by atoms with Gasteiger partial charge in [0, 0.05) is 25.2 Å². The Morgan fingerprint density at radius 3 is 2.44 bits per heavy atom. The van der Waals surface area contributed by atoms with Crippen molar-refractivity contribution < 1.29 is 18.0 Å². The number of carbonyl (C=O) groups excluding carboxylic acids is 2. The highest BCUT2D eigenvalue weighted by atomic mass is 32.2. The average molecular weight is 396 g/mol. The summed E-state index contributed by atoms with van der Waals surface area (Å²) in [5, 5.41) is 5.33. The van der Waals surface area contributed by atoms with E-state index in [1.807, 2.05) is 6.92 Å². The maximum Gasteiger partial charge on any atom is 0.251 e. The van der Waals surface area contributed by atoms with Crippen LogP contribution in [0, 0.1) is 0 Å². The highest BCUT2D eigenvalue weighted by Gasteiger charge is 2.26. The molecule has 1 aliphatic rings. The van der Waals surface area contributed by atoms with E-state index in [0.29, 0.717) is 19.6 Å². The van der Waals surface area contributed by atoms with E-state index in [2.05, 4.69) is 10.6 Å². The lowest BCUT2D eigenvalue weighted by atomic mass is 10.2. The van der Waals surface area contributed by atoms with E-state index in [0.717, 1.165) is 32.1 Å². The molecule has 2 N–H and O–H groups in total. The van der Waals surface area contributed by atoms with Crippen LogP contribution in [-0.4, -0.2) is 50.2 Å². The summed E-state index contributed by atoms with van der Waals surface area (Å²) in [6.45, 7) is 5.10. The fourth-order valence-electron chi connectivity index (χ4n) is 2.98. The summed E-state index contributed by atoms with van der Waals surface area (Å²) in [6.07, 6.45) is 4.58. The first-order valence-corrected chi connectivity index (χ1v) is 11.0. The SMILES string of the molecule is CCCNC(=O)[C@@H](C)NC(=O)c1cccc(S(=O)(=O)N2CCCCCC2)c1. The van der Waals surface area contributed by atoms with Crippen molar-refractivity contribution in [3.8, 4) is 0 Å². The second-order valence-corrected chi connectivity index (χ2v) is 8.77. The fourth-order valence-corrected chi connectivity index (χ4v) is 4.54. The minimum absolute atomic E-state index is 0.111. The van der Waals surface area contributed by atoms with Crippen LogP contribution in [0.2, 0.25) is 0 Å². The molecule has 1 heterocycles. The Kier molecular flexibility index (Phi) is 7.79. The minimum Gasteiger partial charge on any atom is -0.354 e. The molecule has 0 spiro atoms. The molecule has 8 heteroatoms. The lowest BCUT2D eigenvalue weighted by molar-refractivity contribution is -0.122. The van der Waals surface area contributed by atoms with E-state index in [4.69, 9.17) is 0 Å². The smallest absolute Gasteiger partial charge is 0.251 e. The Bertz CT molecular complexity index is 756. The lowest BCUT2D eigenvalue weighted by Crippen LogP contribution is -2.45. The van der Waals surface area contributed by atoms with E-state index < -0.39 is 22.0 Å². The number of nitrogens with zero attached hydrogens (tertiary/aromatic N) is 1. The molecular weight excluding hydrogens is 366 g/mol. The molecule has 0 aliphatic carbocycles. The van der Waals surface area contributed by atoms with Crippen molar-refractivity contribution in [1.29, 1.82) is 0 Å². The summed E-state index contributed by atoms with van der Waals surface area (Å²) in [5.41, 5.74) is 0.223. The number of benzene rings is 1. The molecule has 1 aromatic carbocycles. The van der Waals surface area contributed by atoms with Crippen LogP contribution in [0.3, 0.4) is 0 Å². The van der Waals surface area contributed by atoms with Gasteiger partial charge in [-0.1, -0.05) is 25.8 Å². The summed E-state index contributed by atoms with van der Waals surface area (Å²) in [6, 6.07) is 5.30. The Balaban J connectivity index is 2.11. The predicted octanol–water partition coefficient (Wildman–Crippen LogP) is 1.90. The van der Waals surface area contributed by atoms with E-state index in [-0.39, 0.29) is 16.4 Å². The third kappa shape index (κ3) is 5.77. The molecule has 1 aromatic rings. The Morgan fingerprint density at radius 2 is 1.81 bits per heavy atom. The molecule has 2 amide bonds. The van der Waals surface area contributed by atoms with E-state index >= 15 is 0 Å². The number of hydrogen-bond donors (Lipinski definition) is 2. The van der Waals surface area contributed by atoms with E-state index in [1.54, 1.807) is 19.1 Å². The molecule has 1 fully saturated rings. The summed E-state index contributed by atoms with van der Waals surface area (Å²) in [5.74, 6) is -0.736. The topological polar surface area (TPSA) is 95.6 Å². The van der Waals surface area contributed by atoms with Crippen LogP contribution in [0.4, 0.5) is 0 Å². The third-order valence-corrected chi connectivity index (χ3v) is 6.48. The number of nitrogens with one attached hydrogen (secondary N) is 2. The van der Waals surface area contributed by atoms with Gasteiger partial charge in [0.15, 0.2) is 0 Å². The molecule has 0 radical (unpaired) electrons. The second kappa shape index (κ2) is 9.85. The molecule has 0 unspecified atom stereocenters. The first kappa shape index (κ1) is 21.4. The standard InChI is InChI=1S/C19H29N3O4S/c1-3-11-20-18(23)15(2)21-19(24)16-9-8-10-17(14-16)27(25,26)22-12-6-4-5-7-13-22/h8-10,14-15H,3-7,11-13H2,1-2H3,(H,20,23)(H,21,24)/t15-/m1/s1. The molecule has 27 heavy (non-hydrogen) atoms. The predicted molar refractivity (Wildman–Crippen MR) is 104 cm³/mol. The van der Waals surface area contributed by atoms with Crippen LogP contribution in [-0.2, 0) is 14.8 Å². The zero-order valence-corrected chi connectivity index (χ0v) is 16.8. The summed E-state index contributed by atoms with van der Waals surface area (Å²) in [7, 11) is -3.62. The number of carbonyl (C=O) groups is 2. The number of sulfonamides is 1. The van der Waals surface area contributed by atoms with Crippen molar-refractivity contribution in [2.24, 2.45) is 0 Å². The Morgan fingerprint density at radius 1 is 1.15 bits per heavy atom. The van der Waals surface area contributed by atoms with Gasteiger partial charge in [-0.25, -0.2) is 8.42 Å². The van der Waals surface area contributed by atoms with Gasteiger partial charge in [-0.3, -0.25) is 9.59 Å². The molecular formula is C19H29N3O4S. The van der Waals surface area contributed by atoms with Crippen LogP contribution >= 0.6 is 0 Å². The second-order valence-electron chi connectivity index (χ2n) is 6.83. The lowest BCUT2D eigenvalue weighted by Gasteiger charge is -2.20. The van der Waals surface area contributed by atoms with Crippen molar-refractivity contribution in [2.75, 3.05) is 19.6 Å². The highest BCUT2D eigenvalue weighted by molar-refractivity contribution is 7.89. The van der Waals surface area contributed by atoms with Gasteiger partial charge in [-0.15, -0.1) is 0 Å². The molecule has 0 saturated carbocycles. The molecule has 2 rings (SSSR count). The van der Waals surface area contributed by atoms with Crippen molar-refractivity contribution in [1.82, 2.24) is 14.9 Å². The Labute approximate surface area is 161 Å². The summed E-state index contributed by atoms with van der Waals surface area (Å²) < 4.78 is 27.3. The third-order valence-electron chi connectivity index (χ3n) is 4.59. The van der Waals surface area contributed by atoms with Gasteiger partial charge >= 0.3 is 0 Å². The maximum absolute atomic E-state index is 12.9. The number of rotatable bonds is 7. The number of amides is 2. The molecule has 0 aromatic heterocycles. The molecule has 1 saturated heterocycles. The highest BCUT2D eigenvalue weighted by Crippen LogP contribution is 2.21. The van der Waals surface area contributed by atoms with Crippen LogP contribution < -0.4 is 10.6 Å². The molecule has 7 nitrogen and oxygen atoms in total. The van der Waals surface area contributed by atoms with Crippen LogP contribution in [0.1, 0.15) is 56.3 Å². The summed E-state index contributed by atoms with van der Waals surface area (Å²) >= 11 is 0. The zero-order valence-electron chi connectivity index (χ0n) is 16.0. The minimum atomic E-state index is -3.62. The number of hydrogen-bond acceptors (Lipinski definition) is 4. The van der Waals surface area contributed by atoms with E-state index in [9.17, 15) is 18.0 Å². The average Bonchev–Trinajstić information content (AvgIpc) is 2.96. The zero-order chi connectivity index (χ0) is 19.9. The first-order valence-electron chi connectivity index (χ1n) is 9.55. The fraction of sp³-hybridized carbons (Fsp3) is 0.579. The van der Waals surface area contributed by atoms with Crippen LogP contribution in [0.15, 0.2) is 29.2 Å². The molecule has 0 bridgehead atoms. The molecule has 1 aliphatic heterocycles. The normalized spacial score (nSPS) is 17.0. The largest absolute Gasteiger partial charge is 0.354 e. The van der Waals surface area contributed by atoms with Gasteiger partial charge < -0.3 is 10.6 Å². The molecule has 150 valence electrons. The molecule has 1 atom stereocenters. The van der Waals surface area contributed by atoms with Crippen molar-refractivity contribution >= 4 is 21.8 Å². The van der Waals surface area contributed by atoms with Crippen molar-refractivity contribution in [3.63, 3.8) is 0 Å². The maximum atomic E-state index is 12.9. The van der Waals surface area contributed by atoms with Gasteiger partial charge in [0.05, 0.1) is 4.90 Å². The van der Waals surface area contributed by atoms with Gasteiger partial charge in [0.2, 0.25) is 15.9 Å². The monoisotopic (exact) mass is 395 g/mol. The van der Waals surface area contributed by atoms with Gasteiger partial charge in [0.25, 0.3) is 5.91 Å². The Hall–Kier alpha value is -1.93.